The molecule has 2 amide bonds. The molecule has 13 heteroatoms. The number of nitrogens with zero attached hydrogens (tertiary/aromatic N) is 2. The number of hydrogen-bond donors (Lipinski definition) is 3. The second-order valence-electron chi connectivity index (χ2n) is 9.55. The van der Waals surface area contributed by atoms with Crippen LogP contribution in [0.15, 0.2) is 47.6 Å². The average Bonchev–Trinajstić information content (AvgIpc) is 2.94. The molecule has 0 spiro atoms. The van der Waals surface area contributed by atoms with Gasteiger partial charge in [-0.05, 0) is 48.7 Å². The van der Waals surface area contributed by atoms with Gasteiger partial charge in [0.05, 0.1) is 16.3 Å². The van der Waals surface area contributed by atoms with E-state index in [1.54, 1.807) is 23.1 Å². The number of piperidine rings is 1. The van der Waals surface area contributed by atoms with Gasteiger partial charge < -0.3 is 24.8 Å². The summed E-state index contributed by atoms with van der Waals surface area (Å²) in [6.45, 7) is 0.656. The molecule has 0 bridgehead atoms. The highest BCUT2D eigenvalue weighted by molar-refractivity contribution is 6.32. The number of benzene rings is 2. The van der Waals surface area contributed by atoms with E-state index in [4.69, 9.17) is 21.1 Å². The van der Waals surface area contributed by atoms with E-state index >= 15 is 0 Å². The van der Waals surface area contributed by atoms with Gasteiger partial charge in [-0.25, -0.2) is 5.43 Å². The molecule has 9 nitrogen and oxygen atoms in total. The molecule has 2 heterocycles. The van der Waals surface area contributed by atoms with Crippen LogP contribution in [0.1, 0.15) is 36.8 Å². The smallest absolute Gasteiger partial charge is 0.419 e. The van der Waals surface area contributed by atoms with Crippen molar-refractivity contribution in [2.45, 2.75) is 44.0 Å². The van der Waals surface area contributed by atoms with E-state index in [9.17, 15) is 27.9 Å². The maximum atomic E-state index is 13.1. The third-order valence-corrected chi connectivity index (χ3v) is 6.93. The predicted molar refractivity (Wildman–Crippen MR) is 141 cm³/mol. The Balaban J connectivity index is 1.16. The van der Waals surface area contributed by atoms with Crippen molar-refractivity contribution < 1.29 is 37.3 Å². The van der Waals surface area contributed by atoms with Gasteiger partial charge in [0.15, 0.2) is 6.61 Å². The van der Waals surface area contributed by atoms with E-state index in [2.05, 4.69) is 15.8 Å². The quantitative estimate of drug-likeness (QED) is 0.396. The van der Waals surface area contributed by atoms with Crippen molar-refractivity contribution in [1.29, 1.82) is 0 Å². The van der Waals surface area contributed by atoms with Crippen LogP contribution in [0.4, 0.5) is 13.2 Å². The van der Waals surface area contributed by atoms with Gasteiger partial charge in [0.2, 0.25) is 5.91 Å². The number of carbonyl (C=O) groups excluding carboxylic acids is 2. The molecule has 3 N–H and O–H groups in total. The minimum Gasteiger partial charge on any atom is -0.490 e. The fourth-order valence-electron chi connectivity index (χ4n) is 4.42. The van der Waals surface area contributed by atoms with Crippen molar-refractivity contribution in [1.82, 2.24) is 15.6 Å². The van der Waals surface area contributed by atoms with Crippen LogP contribution in [0.3, 0.4) is 0 Å². The Morgan fingerprint density at radius 3 is 2.58 bits per heavy atom. The molecule has 216 valence electrons. The van der Waals surface area contributed by atoms with Crippen molar-refractivity contribution >= 4 is 29.1 Å². The summed E-state index contributed by atoms with van der Waals surface area (Å²) in [5, 5.41) is 17.8. The molecule has 2 aromatic rings. The minimum atomic E-state index is -4.54. The molecule has 40 heavy (non-hydrogen) atoms. The zero-order chi connectivity index (χ0) is 28.7. The number of likely N-dealkylation sites (tertiary alicyclic amines) is 1. The van der Waals surface area contributed by atoms with Gasteiger partial charge in [-0.15, -0.1) is 0 Å². The van der Waals surface area contributed by atoms with Gasteiger partial charge in [0.1, 0.15) is 24.2 Å². The summed E-state index contributed by atoms with van der Waals surface area (Å²) >= 11 is 6.33. The lowest BCUT2D eigenvalue weighted by Gasteiger charge is -2.33. The molecule has 0 aliphatic carbocycles. The normalized spacial score (nSPS) is 17.2. The number of para-hydroxylation sites is 1. The second-order valence-corrected chi connectivity index (χ2v) is 9.96. The number of aliphatic hydroxyl groups is 1. The van der Waals surface area contributed by atoms with Crippen molar-refractivity contribution in [3.63, 3.8) is 0 Å². The monoisotopic (exact) mass is 582 g/mol. The van der Waals surface area contributed by atoms with Crippen LogP contribution in [-0.4, -0.2) is 72.5 Å². The third-order valence-electron chi connectivity index (χ3n) is 6.63. The largest absolute Gasteiger partial charge is 0.490 e. The average molecular weight is 583 g/mol. The number of ether oxygens (including phenoxy) is 2. The van der Waals surface area contributed by atoms with Crippen LogP contribution in [0.25, 0.3) is 0 Å². The van der Waals surface area contributed by atoms with Crippen LogP contribution in [-0.2, 0) is 15.8 Å². The topological polar surface area (TPSA) is 112 Å². The Labute approximate surface area is 234 Å². The number of alkyl halides is 3. The van der Waals surface area contributed by atoms with Crippen LogP contribution < -0.4 is 20.2 Å². The molecular formula is C27H30ClF3N4O5. The van der Waals surface area contributed by atoms with Gasteiger partial charge in [-0.3, -0.25) is 9.59 Å². The lowest BCUT2D eigenvalue weighted by Crippen LogP contribution is -2.48. The number of aliphatic hydroxyl groups excluding tert-OH is 1. The molecule has 0 aromatic heterocycles. The molecule has 1 atom stereocenters. The summed E-state index contributed by atoms with van der Waals surface area (Å²) in [7, 11) is 0. The Hall–Kier alpha value is -3.35. The van der Waals surface area contributed by atoms with Gasteiger partial charge in [0, 0.05) is 38.5 Å². The van der Waals surface area contributed by atoms with E-state index in [0.29, 0.717) is 55.3 Å². The SMILES string of the molecule is O=C1CCC(c2ccc(OCC(=O)N3CCC(NCC(O)COc4ccccc4C(F)(F)F)CC3)c(Cl)c2)=NN1. The zero-order valence-electron chi connectivity index (χ0n) is 21.5. The van der Waals surface area contributed by atoms with Crippen molar-refractivity contribution in [3.05, 3.63) is 58.6 Å². The maximum absolute atomic E-state index is 13.1. The van der Waals surface area contributed by atoms with E-state index in [1.807, 2.05) is 0 Å². The van der Waals surface area contributed by atoms with E-state index in [0.717, 1.165) is 11.6 Å². The Morgan fingerprint density at radius 1 is 1.15 bits per heavy atom. The van der Waals surface area contributed by atoms with Gasteiger partial charge in [0.25, 0.3) is 5.91 Å². The Kier molecular flexibility index (Phi) is 9.88. The number of hydrazone groups is 1. The first-order chi connectivity index (χ1) is 19.1. The van der Waals surface area contributed by atoms with Crippen LogP contribution in [0, 0.1) is 0 Å². The highest BCUT2D eigenvalue weighted by Gasteiger charge is 2.34. The summed E-state index contributed by atoms with van der Waals surface area (Å²) in [5.74, 6) is -0.279. The Morgan fingerprint density at radius 2 is 1.90 bits per heavy atom. The summed E-state index contributed by atoms with van der Waals surface area (Å²) < 4.78 is 50.1. The molecule has 0 saturated carbocycles. The minimum absolute atomic E-state index is 0.0385. The maximum Gasteiger partial charge on any atom is 0.419 e. The summed E-state index contributed by atoms with van der Waals surface area (Å²) in [6.07, 6.45) is -3.40. The molecule has 4 rings (SSSR count). The highest BCUT2D eigenvalue weighted by atomic mass is 35.5. The van der Waals surface area contributed by atoms with Crippen molar-refractivity contribution in [2.24, 2.45) is 5.10 Å². The van der Waals surface area contributed by atoms with Crippen LogP contribution >= 0.6 is 11.6 Å². The summed E-state index contributed by atoms with van der Waals surface area (Å²) in [5.41, 5.74) is 3.04. The standard InChI is InChI=1S/C27H30ClF3N4O5/c28-21-13-17(22-6-8-25(37)34-33-22)5-7-24(21)40-16-26(38)35-11-9-18(10-12-35)32-14-19(36)15-39-23-4-2-1-3-20(23)27(29,30)31/h1-5,7,13,18-19,32,36H,6,8-12,14-16H2,(H,34,37). The van der Waals surface area contributed by atoms with Crippen molar-refractivity contribution in [3.8, 4) is 11.5 Å². The second kappa shape index (κ2) is 13.3. The van der Waals surface area contributed by atoms with Gasteiger partial charge in [-0.2, -0.15) is 18.3 Å². The number of rotatable bonds is 10. The first-order valence-electron chi connectivity index (χ1n) is 12.9. The molecule has 2 aromatic carbocycles. The zero-order valence-corrected chi connectivity index (χ0v) is 22.3. The summed E-state index contributed by atoms with van der Waals surface area (Å²) in [6, 6.07) is 10.0. The van der Waals surface area contributed by atoms with E-state index in [-0.39, 0.29) is 43.4 Å². The first-order valence-corrected chi connectivity index (χ1v) is 13.2. The van der Waals surface area contributed by atoms with Gasteiger partial charge in [-0.1, -0.05) is 23.7 Å². The van der Waals surface area contributed by atoms with Gasteiger partial charge >= 0.3 is 6.18 Å². The molecule has 1 unspecified atom stereocenters. The molecule has 1 fully saturated rings. The summed E-state index contributed by atoms with van der Waals surface area (Å²) in [4.78, 5) is 25.6. The van der Waals surface area contributed by atoms with E-state index < -0.39 is 17.8 Å². The molecule has 2 aliphatic rings. The molecule has 2 aliphatic heterocycles. The molecule has 0 radical (unpaired) electrons. The number of nitrogens with one attached hydrogen (secondary N) is 2. The fraction of sp³-hybridized carbons (Fsp3) is 0.444. The lowest BCUT2D eigenvalue weighted by atomic mass is 10.0. The highest BCUT2D eigenvalue weighted by Crippen LogP contribution is 2.36. The fourth-order valence-corrected chi connectivity index (χ4v) is 4.65. The lowest BCUT2D eigenvalue weighted by molar-refractivity contribution is -0.139. The van der Waals surface area contributed by atoms with Crippen molar-refractivity contribution in [2.75, 3.05) is 32.8 Å². The van der Waals surface area contributed by atoms with Crippen LogP contribution in [0.5, 0.6) is 11.5 Å². The first kappa shape index (κ1) is 29.6. The molecular weight excluding hydrogens is 553 g/mol. The predicted octanol–water partition coefficient (Wildman–Crippen LogP) is 3.37. The number of halogens is 4. The van der Waals surface area contributed by atoms with E-state index in [1.165, 1.54) is 18.2 Å². The van der Waals surface area contributed by atoms with Crippen LogP contribution in [0.2, 0.25) is 5.02 Å². The number of hydrogen-bond acceptors (Lipinski definition) is 7. The number of carbonyl (C=O) groups is 2. The Bertz CT molecular complexity index is 1230. The third kappa shape index (κ3) is 8.09. The molecule has 1 saturated heterocycles. The number of amides is 2.